The molecule has 1 rings (SSSR count). The second-order valence-electron chi connectivity index (χ2n) is 7.75. The molecule has 7 nitrogen and oxygen atoms in total. The quantitative estimate of drug-likeness (QED) is 0.266. The highest BCUT2D eigenvalue weighted by Gasteiger charge is 2.25. The van der Waals surface area contributed by atoms with E-state index in [0.717, 1.165) is 24.0 Å². The van der Waals surface area contributed by atoms with Gasteiger partial charge in [0.1, 0.15) is 11.6 Å². The maximum atomic E-state index is 12.5. The van der Waals surface area contributed by atoms with Crippen LogP contribution in [0.5, 0.6) is 0 Å². The lowest BCUT2D eigenvalue weighted by Crippen LogP contribution is -2.45. The number of nitrogens with one attached hydrogen (secondary N) is 1. The first-order chi connectivity index (χ1) is 14.1. The summed E-state index contributed by atoms with van der Waals surface area (Å²) >= 11 is 0. The van der Waals surface area contributed by atoms with Crippen LogP contribution in [0.25, 0.3) is 6.08 Å². The molecule has 0 saturated heterocycles. The zero-order chi connectivity index (χ0) is 22.6. The molecule has 1 aromatic carbocycles. The molecule has 0 radical (unpaired) electrons. The lowest BCUT2D eigenvalue weighted by Gasteiger charge is -2.23. The lowest BCUT2D eigenvalue weighted by atomic mass is 10.0. The van der Waals surface area contributed by atoms with Gasteiger partial charge in [0.15, 0.2) is 0 Å². The number of benzene rings is 1. The molecule has 7 heteroatoms. The van der Waals surface area contributed by atoms with Crippen LogP contribution in [0.1, 0.15) is 58.6 Å². The molecule has 0 aliphatic rings. The summed E-state index contributed by atoms with van der Waals surface area (Å²) in [5.41, 5.74) is 0.971. The molecule has 0 saturated carbocycles. The highest BCUT2D eigenvalue weighted by Crippen LogP contribution is 2.12. The second-order valence-corrected chi connectivity index (χ2v) is 7.75. The van der Waals surface area contributed by atoms with E-state index in [9.17, 15) is 14.4 Å². The number of hydrogen-bond donors (Lipinski definition) is 1. The van der Waals surface area contributed by atoms with Crippen LogP contribution in [0.3, 0.4) is 0 Å². The van der Waals surface area contributed by atoms with Gasteiger partial charge < -0.3 is 19.5 Å². The Kier molecular flexibility index (Phi) is 10.6. The van der Waals surface area contributed by atoms with E-state index in [4.69, 9.17) is 14.2 Å². The largest absolute Gasteiger partial charge is 0.464 e. The third-order valence-corrected chi connectivity index (χ3v) is 3.84. The minimum atomic E-state index is -0.863. The van der Waals surface area contributed by atoms with Gasteiger partial charge in [0.2, 0.25) is 0 Å². The van der Waals surface area contributed by atoms with Gasteiger partial charge in [-0.3, -0.25) is 0 Å². The molecule has 166 valence electrons. The summed E-state index contributed by atoms with van der Waals surface area (Å²) < 4.78 is 15.4. The Hall–Kier alpha value is -2.83. The molecule has 0 aliphatic carbocycles. The first-order valence-electron chi connectivity index (χ1n) is 10.2. The van der Waals surface area contributed by atoms with Gasteiger partial charge >= 0.3 is 18.0 Å². The van der Waals surface area contributed by atoms with Crippen molar-refractivity contribution in [2.24, 2.45) is 0 Å². The van der Waals surface area contributed by atoms with Crippen LogP contribution in [-0.4, -0.2) is 42.9 Å². The summed E-state index contributed by atoms with van der Waals surface area (Å²) in [7, 11) is 0. The molecular formula is C23H33NO6. The first-order valence-corrected chi connectivity index (χ1v) is 10.2. The predicted molar refractivity (Wildman–Crippen MR) is 115 cm³/mol. The fraction of sp³-hybridized carbons (Fsp3) is 0.522. The predicted octanol–water partition coefficient (Wildman–Crippen LogP) is 4.04. The van der Waals surface area contributed by atoms with E-state index in [0.29, 0.717) is 13.2 Å². The SMILES string of the molecule is CCCCOC(=O)[C@H](Cc1ccc(/C=C/C(=O)OCC)cc1)NC(=O)OC(C)(C)C. The van der Waals surface area contributed by atoms with Crippen molar-refractivity contribution in [3.63, 3.8) is 0 Å². The minimum Gasteiger partial charge on any atom is -0.464 e. The average molecular weight is 420 g/mol. The summed E-state index contributed by atoms with van der Waals surface area (Å²) in [5, 5.41) is 2.61. The van der Waals surface area contributed by atoms with E-state index in [1.807, 2.05) is 31.2 Å². The van der Waals surface area contributed by atoms with E-state index < -0.39 is 29.7 Å². The van der Waals surface area contributed by atoms with Crippen LogP contribution in [0.2, 0.25) is 0 Å². The third kappa shape index (κ3) is 10.6. The van der Waals surface area contributed by atoms with Crippen molar-refractivity contribution >= 4 is 24.1 Å². The number of esters is 2. The van der Waals surface area contributed by atoms with E-state index >= 15 is 0 Å². The number of alkyl carbamates (subject to hydrolysis) is 1. The van der Waals surface area contributed by atoms with Crippen LogP contribution < -0.4 is 5.32 Å². The fourth-order valence-corrected chi connectivity index (χ4v) is 2.42. The van der Waals surface area contributed by atoms with Gasteiger partial charge in [0, 0.05) is 12.5 Å². The first kappa shape index (κ1) is 25.2. The smallest absolute Gasteiger partial charge is 0.408 e. The van der Waals surface area contributed by atoms with E-state index in [1.165, 1.54) is 6.08 Å². The second kappa shape index (κ2) is 12.7. The van der Waals surface area contributed by atoms with Crippen molar-refractivity contribution in [1.82, 2.24) is 5.32 Å². The van der Waals surface area contributed by atoms with Crippen molar-refractivity contribution in [2.75, 3.05) is 13.2 Å². The molecule has 30 heavy (non-hydrogen) atoms. The maximum Gasteiger partial charge on any atom is 0.408 e. The summed E-state index contributed by atoms with van der Waals surface area (Å²) in [4.78, 5) is 36.0. The number of rotatable bonds is 10. The Morgan fingerprint density at radius 2 is 1.73 bits per heavy atom. The Balaban J connectivity index is 2.82. The molecular weight excluding hydrogens is 386 g/mol. The summed E-state index contributed by atoms with van der Waals surface area (Å²) in [6.07, 6.45) is 4.25. The number of carbonyl (C=O) groups excluding carboxylic acids is 3. The molecule has 0 spiro atoms. The molecule has 0 heterocycles. The van der Waals surface area contributed by atoms with Gasteiger partial charge in [-0.25, -0.2) is 14.4 Å². The van der Waals surface area contributed by atoms with Gasteiger partial charge in [0.05, 0.1) is 13.2 Å². The molecule has 1 aromatic rings. The van der Waals surface area contributed by atoms with E-state index in [-0.39, 0.29) is 6.42 Å². The van der Waals surface area contributed by atoms with Gasteiger partial charge in [-0.15, -0.1) is 0 Å². The zero-order valence-electron chi connectivity index (χ0n) is 18.5. The topological polar surface area (TPSA) is 90.9 Å². The van der Waals surface area contributed by atoms with Crippen molar-refractivity contribution in [1.29, 1.82) is 0 Å². The monoisotopic (exact) mass is 419 g/mol. The highest BCUT2D eigenvalue weighted by atomic mass is 16.6. The van der Waals surface area contributed by atoms with Crippen molar-refractivity contribution in [3.05, 3.63) is 41.5 Å². The average Bonchev–Trinajstić information content (AvgIpc) is 2.66. The Bertz CT molecular complexity index is 718. The zero-order valence-corrected chi connectivity index (χ0v) is 18.5. The highest BCUT2D eigenvalue weighted by molar-refractivity contribution is 5.87. The summed E-state index contributed by atoms with van der Waals surface area (Å²) in [5.74, 6) is -0.904. The van der Waals surface area contributed by atoms with Crippen molar-refractivity contribution in [2.45, 2.75) is 65.5 Å². The molecule has 0 bridgehead atoms. The van der Waals surface area contributed by atoms with Gasteiger partial charge in [0.25, 0.3) is 0 Å². The van der Waals surface area contributed by atoms with Gasteiger partial charge in [-0.05, 0) is 51.3 Å². The molecule has 0 fully saturated rings. The van der Waals surface area contributed by atoms with Gasteiger partial charge in [-0.1, -0.05) is 37.6 Å². The molecule has 0 aliphatic heterocycles. The Morgan fingerprint density at radius 1 is 1.07 bits per heavy atom. The number of amides is 1. The lowest BCUT2D eigenvalue weighted by molar-refractivity contribution is -0.146. The van der Waals surface area contributed by atoms with Gasteiger partial charge in [-0.2, -0.15) is 0 Å². The number of carbonyl (C=O) groups is 3. The van der Waals surface area contributed by atoms with Crippen LogP contribution in [0.15, 0.2) is 30.3 Å². The molecule has 1 N–H and O–H groups in total. The van der Waals surface area contributed by atoms with Crippen LogP contribution in [0, 0.1) is 0 Å². The standard InChI is InChI=1S/C23H33NO6/c1-6-8-15-29-21(26)19(24-22(27)30-23(3,4)5)16-18-11-9-17(10-12-18)13-14-20(25)28-7-2/h9-14,19H,6-8,15-16H2,1-5H3,(H,24,27)/b14-13+/t19-/m0/s1. The molecule has 0 unspecified atom stereocenters. The Morgan fingerprint density at radius 3 is 2.30 bits per heavy atom. The maximum absolute atomic E-state index is 12.5. The molecule has 1 amide bonds. The number of hydrogen-bond acceptors (Lipinski definition) is 6. The summed E-state index contributed by atoms with van der Waals surface area (Å²) in [6, 6.07) is 6.43. The third-order valence-electron chi connectivity index (χ3n) is 3.84. The van der Waals surface area contributed by atoms with Crippen LogP contribution in [-0.2, 0) is 30.2 Å². The number of ether oxygens (including phenoxy) is 3. The summed E-state index contributed by atoms with van der Waals surface area (Å²) in [6.45, 7) is 9.64. The number of unbranched alkanes of at least 4 members (excludes halogenated alkanes) is 1. The molecule has 0 aromatic heterocycles. The van der Waals surface area contributed by atoms with Crippen molar-refractivity contribution < 1.29 is 28.6 Å². The minimum absolute atomic E-state index is 0.256. The van der Waals surface area contributed by atoms with E-state index in [2.05, 4.69) is 5.32 Å². The normalized spacial score (nSPS) is 12.3. The van der Waals surface area contributed by atoms with Crippen LogP contribution >= 0.6 is 0 Å². The van der Waals surface area contributed by atoms with Crippen molar-refractivity contribution in [3.8, 4) is 0 Å². The van der Waals surface area contributed by atoms with E-state index in [1.54, 1.807) is 33.8 Å². The van der Waals surface area contributed by atoms with Crippen LogP contribution in [0.4, 0.5) is 4.79 Å². The fourth-order valence-electron chi connectivity index (χ4n) is 2.42. The Labute approximate surface area is 178 Å². The molecule has 1 atom stereocenters.